The van der Waals surface area contributed by atoms with Crippen LogP contribution in [0.2, 0.25) is 0 Å². The molecule has 0 unspecified atom stereocenters. The Morgan fingerprint density at radius 3 is 2.45 bits per heavy atom. The zero-order valence-corrected chi connectivity index (χ0v) is 17.5. The quantitative estimate of drug-likeness (QED) is 0.478. The number of aromatic amines is 1. The van der Waals surface area contributed by atoms with Gasteiger partial charge < -0.3 is 19.8 Å². The van der Waals surface area contributed by atoms with Crippen LogP contribution in [0.3, 0.4) is 0 Å². The molecule has 0 aliphatic heterocycles. The maximum Gasteiger partial charge on any atom is 0.269 e. The van der Waals surface area contributed by atoms with E-state index in [1.807, 2.05) is 31.2 Å². The topological polar surface area (TPSA) is 84.8 Å². The Kier molecular flexibility index (Phi) is 4.85. The second kappa shape index (κ2) is 7.34. The first-order valence-corrected chi connectivity index (χ1v) is 9.87. The molecule has 2 aromatic heterocycles. The number of hydrogen-bond acceptors (Lipinski definition) is 6. The first kappa shape index (κ1) is 19.2. The fraction of sp³-hybridized carbons (Fsp3) is 0.150. The number of hydrogen-bond donors (Lipinski definition) is 2. The summed E-state index contributed by atoms with van der Waals surface area (Å²) in [7, 11) is 3.02. The van der Waals surface area contributed by atoms with Crippen molar-refractivity contribution in [1.29, 1.82) is 0 Å². The van der Waals surface area contributed by atoms with Crippen LogP contribution < -0.4 is 20.3 Å². The number of ether oxygens (including phenoxy) is 2. The number of benzene rings is 2. The minimum absolute atomic E-state index is 0.323. The lowest BCUT2D eigenvalue weighted by molar-refractivity contribution is 0.103. The van der Waals surface area contributed by atoms with Crippen LogP contribution in [0.4, 0.5) is 5.69 Å². The lowest BCUT2D eigenvalue weighted by atomic mass is 10.2. The molecule has 9 heteroatoms. The minimum Gasteiger partial charge on any atom is -0.493 e. The molecule has 0 atom stereocenters. The van der Waals surface area contributed by atoms with Crippen LogP contribution in [0.15, 0.2) is 41.2 Å². The molecular weight excluding hydrogens is 410 g/mol. The number of nitrogens with one attached hydrogen (secondary N) is 2. The number of thiazole rings is 1. The molecule has 148 valence electrons. The number of aryl methyl sites for hydroxylation is 1. The SMILES string of the molecule is COc1cc2c(=O)[nH]c3c(C(=O)Nc4ccc(C)cc4)sc(=S)n3c2cc1OC. The Balaban J connectivity index is 1.91. The highest BCUT2D eigenvalue weighted by molar-refractivity contribution is 7.73. The lowest BCUT2D eigenvalue weighted by Crippen LogP contribution is -2.15. The molecule has 7 nitrogen and oxygen atoms in total. The van der Waals surface area contributed by atoms with Crippen molar-refractivity contribution < 1.29 is 14.3 Å². The number of methoxy groups -OCH3 is 2. The van der Waals surface area contributed by atoms with Crippen LogP contribution in [0.1, 0.15) is 15.2 Å². The van der Waals surface area contributed by atoms with Gasteiger partial charge in [0.05, 0.1) is 25.1 Å². The summed E-state index contributed by atoms with van der Waals surface area (Å²) >= 11 is 6.62. The van der Waals surface area contributed by atoms with Gasteiger partial charge in [0.15, 0.2) is 15.5 Å². The molecule has 0 saturated heterocycles. The van der Waals surface area contributed by atoms with Gasteiger partial charge >= 0.3 is 0 Å². The number of nitrogens with zero attached hydrogens (tertiary/aromatic N) is 1. The molecule has 4 aromatic rings. The van der Waals surface area contributed by atoms with Gasteiger partial charge in [-0.15, -0.1) is 0 Å². The van der Waals surface area contributed by atoms with Gasteiger partial charge in [-0.2, -0.15) is 0 Å². The molecule has 1 amide bonds. The molecule has 4 rings (SSSR count). The van der Waals surface area contributed by atoms with Gasteiger partial charge in [0.2, 0.25) is 0 Å². The Morgan fingerprint density at radius 2 is 1.79 bits per heavy atom. The smallest absolute Gasteiger partial charge is 0.269 e. The number of carbonyl (C=O) groups is 1. The molecule has 0 aliphatic rings. The second-order valence-corrected chi connectivity index (χ2v) is 8.02. The summed E-state index contributed by atoms with van der Waals surface area (Å²) < 4.78 is 12.7. The highest BCUT2D eigenvalue weighted by Crippen LogP contribution is 2.32. The van der Waals surface area contributed by atoms with Gasteiger partial charge in [0, 0.05) is 11.8 Å². The Morgan fingerprint density at radius 1 is 1.14 bits per heavy atom. The lowest BCUT2D eigenvalue weighted by Gasteiger charge is -2.10. The summed E-state index contributed by atoms with van der Waals surface area (Å²) in [6.45, 7) is 1.97. The third kappa shape index (κ3) is 3.28. The van der Waals surface area contributed by atoms with Crippen LogP contribution in [0, 0.1) is 10.9 Å². The maximum absolute atomic E-state index is 12.9. The molecule has 2 aromatic carbocycles. The zero-order chi connectivity index (χ0) is 20.7. The predicted octanol–water partition coefficient (Wildman–Crippen LogP) is 4.15. The van der Waals surface area contributed by atoms with E-state index in [-0.39, 0.29) is 11.5 Å². The number of anilines is 1. The molecule has 2 N–H and O–H groups in total. The highest BCUT2D eigenvalue weighted by Gasteiger charge is 2.19. The molecule has 0 saturated carbocycles. The van der Waals surface area contributed by atoms with E-state index >= 15 is 0 Å². The van der Waals surface area contributed by atoms with Gasteiger partial charge in [-0.3, -0.25) is 14.0 Å². The van der Waals surface area contributed by atoms with Crippen LogP contribution in [0.5, 0.6) is 11.5 Å². The molecule has 0 aliphatic carbocycles. The van der Waals surface area contributed by atoms with Crippen LogP contribution in [-0.4, -0.2) is 29.5 Å². The molecule has 2 heterocycles. The number of carbonyl (C=O) groups excluding carboxylic acids is 1. The van der Waals surface area contributed by atoms with Crippen LogP contribution in [0.25, 0.3) is 16.6 Å². The van der Waals surface area contributed by atoms with Crippen molar-refractivity contribution in [2.75, 3.05) is 19.5 Å². The highest BCUT2D eigenvalue weighted by atomic mass is 32.1. The Hall–Kier alpha value is -3.17. The standard InChI is InChI=1S/C20H17N3O4S2/c1-10-4-6-11(7-5-10)21-19(25)16-17-22-18(24)12-8-14(26-2)15(27-3)9-13(12)23(17)20(28)29-16/h4-9H,1-3H3,(H,21,25)(H,22,24). The molecule has 29 heavy (non-hydrogen) atoms. The summed E-state index contributed by atoms with van der Waals surface area (Å²) in [6.07, 6.45) is 0. The summed E-state index contributed by atoms with van der Waals surface area (Å²) in [5.41, 5.74) is 2.28. The zero-order valence-electron chi connectivity index (χ0n) is 15.9. The fourth-order valence-electron chi connectivity index (χ4n) is 3.09. The molecule has 0 radical (unpaired) electrons. The van der Waals surface area contributed by atoms with E-state index in [2.05, 4.69) is 10.3 Å². The van der Waals surface area contributed by atoms with Gasteiger partial charge in [-0.1, -0.05) is 29.0 Å². The van der Waals surface area contributed by atoms with E-state index in [4.69, 9.17) is 21.7 Å². The van der Waals surface area contributed by atoms with Crippen molar-refractivity contribution >= 4 is 51.7 Å². The summed E-state index contributed by atoms with van der Waals surface area (Å²) in [4.78, 5) is 28.7. The van der Waals surface area contributed by atoms with Crippen molar-refractivity contribution in [2.24, 2.45) is 0 Å². The molecular formula is C20H17N3O4S2. The number of H-pyrrole nitrogens is 1. The normalized spacial score (nSPS) is 11.0. The number of aromatic nitrogens is 2. The summed E-state index contributed by atoms with van der Waals surface area (Å²) in [6, 6.07) is 10.7. The third-order valence-corrected chi connectivity index (χ3v) is 5.92. The van der Waals surface area contributed by atoms with Gasteiger partial charge in [0.1, 0.15) is 10.5 Å². The predicted molar refractivity (Wildman–Crippen MR) is 116 cm³/mol. The molecule has 0 fully saturated rings. The molecule has 0 bridgehead atoms. The number of amides is 1. The van der Waals surface area contributed by atoms with Gasteiger partial charge in [-0.25, -0.2) is 0 Å². The number of rotatable bonds is 4. The first-order chi connectivity index (χ1) is 13.9. The van der Waals surface area contributed by atoms with Crippen LogP contribution in [-0.2, 0) is 0 Å². The van der Waals surface area contributed by atoms with Crippen molar-refractivity contribution in [3.8, 4) is 11.5 Å². The van der Waals surface area contributed by atoms with Crippen LogP contribution >= 0.6 is 23.6 Å². The first-order valence-electron chi connectivity index (χ1n) is 8.64. The fourth-order valence-corrected chi connectivity index (χ4v) is 4.37. The van der Waals surface area contributed by atoms with Crippen molar-refractivity contribution in [2.45, 2.75) is 6.92 Å². The minimum atomic E-state index is -0.349. The van der Waals surface area contributed by atoms with E-state index < -0.39 is 0 Å². The van der Waals surface area contributed by atoms with Crippen molar-refractivity contribution in [1.82, 2.24) is 9.38 Å². The average molecular weight is 428 g/mol. The third-order valence-electron chi connectivity index (χ3n) is 4.55. The van der Waals surface area contributed by atoms with E-state index in [0.29, 0.717) is 42.6 Å². The monoisotopic (exact) mass is 427 g/mol. The van der Waals surface area contributed by atoms with Gasteiger partial charge in [0.25, 0.3) is 11.5 Å². The second-order valence-electron chi connectivity index (χ2n) is 6.38. The molecule has 0 spiro atoms. The maximum atomic E-state index is 12.9. The van der Waals surface area contributed by atoms with E-state index in [1.165, 1.54) is 14.2 Å². The van der Waals surface area contributed by atoms with E-state index in [0.717, 1.165) is 16.9 Å². The van der Waals surface area contributed by atoms with E-state index in [9.17, 15) is 9.59 Å². The Bertz CT molecular complexity index is 1370. The summed E-state index contributed by atoms with van der Waals surface area (Å²) in [5.74, 6) is 0.553. The van der Waals surface area contributed by atoms with Gasteiger partial charge in [-0.05, 0) is 37.3 Å². The largest absolute Gasteiger partial charge is 0.493 e. The van der Waals surface area contributed by atoms with E-state index in [1.54, 1.807) is 16.5 Å². The number of fused-ring (bicyclic) bond motifs is 3. The van der Waals surface area contributed by atoms with Crippen molar-refractivity contribution in [3.05, 3.63) is 61.1 Å². The Labute approximate surface area is 174 Å². The average Bonchev–Trinajstić information content (AvgIpc) is 3.05. The summed E-state index contributed by atoms with van der Waals surface area (Å²) in [5, 5.41) is 3.23. The van der Waals surface area contributed by atoms with Crippen molar-refractivity contribution in [3.63, 3.8) is 0 Å².